The van der Waals surface area contributed by atoms with E-state index < -0.39 is 0 Å². The van der Waals surface area contributed by atoms with E-state index in [0.29, 0.717) is 13.2 Å². The van der Waals surface area contributed by atoms with Gasteiger partial charge in [0.05, 0.1) is 19.3 Å². The Hall–Kier alpha value is -0.380. The summed E-state index contributed by atoms with van der Waals surface area (Å²) in [5.74, 6) is 0. The zero-order valence-corrected chi connectivity index (χ0v) is 7.08. The minimum Gasteiger partial charge on any atom is -0.389 e. The van der Waals surface area contributed by atoms with Crippen LogP contribution in [0.5, 0.6) is 0 Å². The zero-order chi connectivity index (χ0) is 8.27. The Morgan fingerprint density at radius 1 is 1.73 bits per heavy atom. The number of rotatable bonds is 2. The smallest absolute Gasteiger partial charge is 0.0958 e. The first-order chi connectivity index (χ1) is 5.18. The second-order valence-corrected chi connectivity index (χ2v) is 3.08. The van der Waals surface area contributed by atoms with Crippen molar-refractivity contribution in [2.45, 2.75) is 20.0 Å². The van der Waals surface area contributed by atoms with Gasteiger partial charge < -0.3 is 5.11 Å². The fraction of sp³-hybridized carbons (Fsp3) is 0.750. The molecule has 0 aromatic heterocycles. The van der Waals surface area contributed by atoms with Crippen LogP contribution in [0.2, 0.25) is 0 Å². The van der Waals surface area contributed by atoms with Gasteiger partial charge in [-0.3, -0.25) is 4.84 Å². The number of nitrogens with zero attached hydrogens (tertiary/aromatic N) is 1. The highest BCUT2D eigenvalue weighted by molar-refractivity contribution is 4.94. The van der Waals surface area contributed by atoms with Gasteiger partial charge in [0.25, 0.3) is 0 Å². The molecule has 0 aromatic carbocycles. The molecule has 1 fully saturated rings. The van der Waals surface area contributed by atoms with Gasteiger partial charge in [0.1, 0.15) is 0 Å². The fourth-order valence-corrected chi connectivity index (χ4v) is 0.944. The Bertz CT molecular complexity index is 152. The van der Waals surface area contributed by atoms with Crippen LogP contribution in [0, 0.1) is 0 Å². The van der Waals surface area contributed by atoms with Crippen molar-refractivity contribution in [3.05, 3.63) is 11.6 Å². The van der Waals surface area contributed by atoms with Crippen LogP contribution in [0.1, 0.15) is 13.8 Å². The molecule has 0 amide bonds. The lowest BCUT2D eigenvalue weighted by molar-refractivity contribution is -0.101. The highest BCUT2D eigenvalue weighted by Crippen LogP contribution is 2.05. The molecular weight excluding hydrogens is 142 g/mol. The second kappa shape index (κ2) is 3.85. The topological polar surface area (TPSA) is 32.7 Å². The third-order valence-electron chi connectivity index (χ3n) is 1.57. The standard InChI is InChI=1S/C8H15NO2/c1-7(2)3-4-9-5-8(10)6-11-9/h3,8,10H,4-6H2,1-2H3/t8-/m1/s1. The second-order valence-electron chi connectivity index (χ2n) is 3.08. The van der Waals surface area contributed by atoms with Crippen LogP contribution >= 0.6 is 0 Å². The average Bonchev–Trinajstić information content (AvgIpc) is 2.31. The molecule has 0 aromatic rings. The number of aliphatic hydroxyl groups excluding tert-OH is 1. The van der Waals surface area contributed by atoms with Crippen molar-refractivity contribution in [2.24, 2.45) is 0 Å². The van der Waals surface area contributed by atoms with Crippen molar-refractivity contribution in [3.8, 4) is 0 Å². The lowest BCUT2D eigenvalue weighted by Crippen LogP contribution is -2.20. The van der Waals surface area contributed by atoms with Gasteiger partial charge in [-0.1, -0.05) is 11.6 Å². The van der Waals surface area contributed by atoms with Gasteiger partial charge in [0.15, 0.2) is 0 Å². The number of β-amino-alcohol motifs (C(OH)–C–C–N with tert-alkyl or cyclic N) is 1. The molecule has 1 heterocycles. The highest BCUT2D eigenvalue weighted by atomic mass is 16.7. The van der Waals surface area contributed by atoms with Crippen molar-refractivity contribution in [3.63, 3.8) is 0 Å². The summed E-state index contributed by atoms with van der Waals surface area (Å²) in [6.45, 7) is 5.94. The van der Waals surface area contributed by atoms with Crippen molar-refractivity contribution in [2.75, 3.05) is 19.7 Å². The molecule has 11 heavy (non-hydrogen) atoms. The zero-order valence-electron chi connectivity index (χ0n) is 7.08. The third kappa shape index (κ3) is 3.01. The van der Waals surface area contributed by atoms with Crippen LogP contribution in [0.4, 0.5) is 0 Å². The molecule has 64 valence electrons. The van der Waals surface area contributed by atoms with Gasteiger partial charge in [-0.15, -0.1) is 0 Å². The van der Waals surface area contributed by atoms with Crippen molar-refractivity contribution in [1.82, 2.24) is 5.06 Å². The molecule has 0 unspecified atom stereocenters. The maximum Gasteiger partial charge on any atom is 0.0958 e. The first kappa shape index (κ1) is 8.71. The highest BCUT2D eigenvalue weighted by Gasteiger charge is 2.19. The molecule has 1 N–H and O–H groups in total. The van der Waals surface area contributed by atoms with E-state index in [-0.39, 0.29) is 6.10 Å². The van der Waals surface area contributed by atoms with Gasteiger partial charge >= 0.3 is 0 Å². The van der Waals surface area contributed by atoms with E-state index in [1.54, 1.807) is 5.06 Å². The maximum atomic E-state index is 9.08. The van der Waals surface area contributed by atoms with E-state index >= 15 is 0 Å². The van der Waals surface area contributed by atoms with E-state index in [2.05, 4.69) is 6.08 Å². The summed E-state index contributed by atoms with van der Waals surface area (Å²) in [6, 6.07) is 0. The summed E-state index contributed by atoms with van der Waals surface area (Å²) in [4.78, 5) is 5.15. The normalized spacial score (nSPS) is 25.5. The summed E-state index contributed by atoms with van der Waals surface area (Å²) in [6.07, 6.45) is 1.78. The van der Waals surface area contributed by atoms with E-state index in [9.17, 15) is 0 Å². The van der Waals surface area contributed by atoms with Crippen LogP contribution in [0.25, 0.3) is 0 Å². The minimum absolute atomic E-state index is 0.305. The molecule has 1 aliphatic rings. The molecule has 1 rings (SSSR count). The van der Waals surface area contributed by atoms with Gasteiger partial charge in [-0.05, 0) is 13.8 Å². The van der Waals surface area contributed by atoms with Gasteiger partial charge in [0, 0.05) is 6.54 Å². The van der Waals surface area contributed by atoms with Crippen molar-refractivity contribution < 1.29 is 9.94 Å². The van der Waals surface area contributed by atoms with Crippen molar-refractivity contribution in [1.29, 1.82) is 0 Å². The van der Waals surface area contributed by atoms with Crippen LogP contribution in [-0.4, -0.2) is 36.0 Å². The van der Waals surface area contributed by atoms with Crippen LogP contribution in [0.3, 0.4) is 0 Å². The van der Waals surface area contributed by atoms with Gasteiger partial charge in [-0.2, -0.15) is 5.06 Å². The third-order valence-corrected chi connectivity index (χ3v) is 1.57. The predicted molar refractivity (Wildman–Crippen MR) is 43.0 cm³/mol. The largest absolute Gasteiger partial charge is 0.389 e. The van der Waals surface area contributed by atoms with E-state index in [0.717, 1.165) is 6.54 Å². The van der Waals surface area contributed by atoms with Crippen LogP contribution < -0.4 is 0 Å². The molecule has 1 saturated heterocycles. The van der Waals surface area contributed by atoms with E-state index in [1.807, 2.05) is 13.8 Å². The van der Waals surface area contributed by atoms with E-state index in [1.165, 1.54) is 5.57 Å². The Balaban J connectivity index is 2.23. The molecular formula is C8H15NO2. The number of hydroxylamine groups is 2. The number of aliphatic hydroxyl groups is 1. The van der Waals surface area contributed by atoms with E-state index in [4.69, 9.17) is 9.94 Å². The predicted octanol–water partition coefficient (Wildman–Crippen LogP) is 0.561. The molecule has 1 atom stereocenters. The van der Waals surface area contributed by atoms with Gasteiger partial charge in [-0.25, -0.2) is 0 Å². The number of hydrogen-bond donors (Lipinski definition) is 1. The lowest BCUT2D eigenvalue weighted by Gasteiger charge is -2.09. The number of hydrogen-bond acceptors (Lipinski definition) is 3. The quantitative estimate of drug-likeness (QED) is 0.594. The Morgan fingerprint density at radius 2 is 2.45 bits per heavy atom. The Morgan fingerprint density at radius 3 is 2.91 bits per heavy atom. The summed E-state index contributed by atoms with van der Waals surface area (Å²) < 4.78 is 0. The summed E-state index contributed by atoms with van der Waals surface area (Å²) in [5.41, 5.74) is 1.27. The summed E-state index contributed by atoms with van der Waals surface area (Å²) in [7, 11) is 0. The molecule has 0 saturated carbocycles. The van der Waals surface area contributed by atoms with Crippen LogP contribution in [-0.2, 0) is 4.84 Å². The first-order valence-electron chi connectivity index (χ1n) is 3.88. The molecule has 3 nitrogen and oxygen atoms in total. The molecule has 3 heteroatoms. The Kier molecular flexibility index (Phi) is 3.05. The maximum absolute atomic E-state index is 9.08. The monoisotopic (exact) mass is 157 g/mol. The first-order valence-corrected chi connectivity index (χ1v) is 3.88. The summed E-state index contributed by atoms with van der Waals surface area (Å²) >= 11 is 0. The fourth-order valence-electron chi connectivity index (χ4n) is 0.944. The summed E-state index contributed by atoms with van der Waals surface area (Å²) in [5, 5.41) is 10.9. The minimum atomic E-state index is -0.305. The lowest BCUT2D eigenvalue weighted by atomic mass is 10.3. The van der Waals surface area contributed by atoms with Crippen molar-refractivity contribution >= 4 is 0 Å². The Labute approximate surface area is 67.2 Å². The SMILES string of the molecule is CC(C)=CCN1C[C@@H](O)CO1. The van der Waals surface area contributed by atoms with Crippen LogP contribution in [0.15, 0.2) is 11.6 Å². The molecule has 0 bridgehead atoms. The number of allylic oxidation sites excluding steroid dienone is 1. The molecule has 1 aliphatic heterocycles. The molecule has 0 aliphatic carbocycles. The molecule has 0 spiro atoms. The molecule has 0 radical (unpaired) electrons. The van der Waals surface area contributed by atoms with Gasteiger partial charge in [0.2, 0.25) is 0 Å². The average molecular weight is 157 g/mol.